The van der Waals surface area contributed by atoms with Gasteiger partial charge in [0.2, 0.25) is 0 Å². The molecule has 110 valence electrons. The monoisotopic (exact) mass is 453 g/mol. The number of ether oxygens (including phenoxy) is 1. The highest BCUT2D eigenvalue weighted by molar-refractivity contribution is 14.1. The Labute approximate surface area is 140 Å². The summed E-state index contributed by atoms with van der Waals surface area (Å²) in [6.45, 7) is 4.98. The fraction of sp³-hybridized carbons (Fsp3) is 0.500. The molecule has 1 unspecified atom stereocenters. The summed E-state index contributed by atoms with van der Waals surface area (Å²) >= 11 is 5.54. The van der Waals surface area contributed by atoms with Crippen molar-refractivity contribution >= 4 is 44.4 Å². The molecule has 0 spiro atoms. The van der Waals surface area contributed by atoms with E-state index in [1.54, 1.807) is 23.1 Å². The average molecular weight is 454 g/mol. The SMILES string of the molecule is CC1(C)CN(C(=O)c2cc(I)ccc2O)CC(CBr)O1. The van der Waals surface area contributed by atoms with Gasteiger partial charge in [0, 0.05) is 22.0 Å². The minimum atomic E-state index is -0.385. The number of nitrogens with zero attached hydrogens (tertiary/aromatic N) is 1. The summed E-state index contributed by atoms with van der Waals surface area (Å²) in [5.41, 5.74) is -0.0351. The maximum Gasteiger partial charge on any atom is 0.257 e. The lowest BCUT2D eigenvalue weighted by molar-refractivity contribution is -0.116. The molecule has 6 heteroatoms. The van der Waals surface area contributed by atoms with Crippen molar-refractivity contribution in [1.29, 1.82) is 0 Å². The molecule has 0 radical (unpaired) electrons. The molecule has 20 heavy (non-hydrogen) atoms. The van der Waals surface area contributed by atoms with E-state index in [2.05, 4.69) is 38.5 Å². The normalized spacial score (nSPS) is 21.8. The maximum atomic E-state index is 12.6. The minimum absolute atomic E-state index is 0.0232. The molecule has 1 heterocycles. The molecule has 1 saturated heterocycles. The zero-order valence-corrected chi connectivity index (χ0v) is 15.1. The average Bonchev–Trinajstić information content (AvgIpc) is 2.38. The lowest BCUT2D eigenvalue weighted by Gasteiger charge is -2.42. The van der Waals surface area contributed by atoms with Crippen LogP contribution in [0.25, 0.3) is 0 Å². The predicted octanol–water partition coefficient (Wildman–Crippen LogP) is 3.01. The Kier molecular flexibility index (Phi) is 4.96. The van der Waals surface area contributed by atoms with Gasteiger partial charge >= 0.3 is 0 Å². The predicted molar refractivity (Wildman–Crippen MR) is 89.5 cm³/mol. The van der Waals surface area contributed by atoms with Crippen LogP contribution in [0.15, 0.2) is 18.2 Å². The van der Waals surface area contributed by atoms with E-state index < -0.39 is 0 Å². The molecule has 1 aliphatic heterocycles. The van der Waals surface area contributed by atoms with E-state index in [0.29, 0.717) is 24.0 Å². The Morgan fingerprint density at radius 1 is 1.60 bits per heavy atom. The molecule has 1 aromatic carbocycles. The van der Waals surface area contributed by atoms with Gasteiger partial charge in [-0.05, 0) is 54.6 Å². The van der Waals surface area contributed by atoms with Crippen molar-refractivity contribution in [2.75, 3.05) is 18.4 Å². The minimum Gasteiger partial charge on any atom is -0.507 e. The molecule has 0 saturated carbocycles. The van der Waals surface area contributed by atoms with Crippen LogP contribution in [0.3, 0.4) is 0 Å². The highest BCUT2D eigenvalue weighted by Gasteiger charge is 2.36. The number of amides is 1. The molecule has 1 N–H and O–H groups in total. The van der Waals surface area contributed by atoms with Crippen LogP contribution in [0.2, 0.25) is 0 Å². The number of rotatable bonds is 2. The van der Waals surface area contributed by atoms with E-state index in [4.69, 9.17) is 4.74 Å². The van der Waals surface area contributed by atoms with Crippen LogP contribution >= 0.6 is 38.5 Å². The smallest absolute Gasteiger partial charge is 0.257 e. The number of carbonyl (C=O) groups is 1. The topological polar surface area (TPSA) is 49.8 Å². The Morgan fingerprint density at radius 3 is 2.95 bits per heavy atom. The van der Waals surface area contributed by atoms with Crippen LogP contribution in [0.1, 0.15) is 24.2 Å². The lowest BCUT2D eigenvalue weighted by atomic mass is 10.0. The summed E-state index contributed by atoms with van der Waals surface area (Å²) in [6.07, 6.45) is -0.0346. The molecular formula is C14H17BrINO3. The van der Waals surface area contributed by atoms with Gasteiger partial charge < -0.3 is 14.7 Å². The van der Waals surface area contributed by atoms with Crippen LogP contribution < -0.4 is 0 Å². The number of benzene rings is 1. The van der Waals surface area contributed by atoms with Gasteiger partial charge in [-0.15, -0.1) is 0 Å². The first-order valence-corrected chi connectivity index (χ1v) is 8.54. The fourth-order valence-electron chi connectivity index (χ4n) is 2.38. The zero-order valence-electron chi connectivity index (χ0n) is 11.4. The van der Waals surface area contributed by atoms with Crippen LogP contribution in [-0.4, -0.2) is 46.0 Å². The van der Waals surface area contributed by atoms with Crippen molar-refractivity contribution in [2.45, 2.75) is 25.6 Å². The number of hydrogen-bond donors (Lipinski definition) is 1. The molecule has 0 bridgehead atoms. The number of carbonyl (C=O) groups excluding carboxylic acids is 1. The fourth-order valence-corrected chi connectivity index (χ4v) is 3.21. The summed E-state index contributed by atoms with van der Waals surface area (Å²) in [5, 5.41) is 10.6. The van der Waals surface area contributed by atoms with Gasteiger partial charge in [0.1, 0.15) is 5.75 Å². The highest BCUT2D eigenvalue weighted by atomic mass is 127. The number of aromatic hydroxyl groups is 1. The number of morpholine rings is 1. The van der Waals surface area contributed by atoms with Crippen molar-refractivity contribution < 1.29 is 14.6 Å². The molecule has 1 aromatic rings. The number of halogens is 2. The van der Waals surface area contributed by atoms with E-state index in [1.807, 2.05) is 13.8 Å². The Hall–Kier alpha value is -0.340. The summed E-state index contributed by atoms with van der Waals surface area (Å²) in [7, 11) is 0. The van der Waals surface area contributed by atoms with E-state index in [9.17, 15) is 9.90 Å². The Morgan fingerprint density at radius 2 is 2.30 bits per heavy atom. The standard InChI is InChI=1S/C14H17BrINO3/c1-14(2)8-17(7-10(6-15)20-14)13(19)11-5-9(16)3-4-12(11)18/h3-5,10,18H,6-8H2,1-2H3. The second-order valence-electron chi connectivity index (χ2n) is 5.50. The summed E-state index contributed by atoms with van der Waals surface area (Å²) in [4.78, 5) is 14.4. The zero-order chi connectivity index (χ0) is 14.9. The molecular weight excluding hydrogens is 437 g/mol. The summed E-state index contributed by atoms with van der Waals surface area (Å²) in [5.74, 6) is -0.126. The van der Waals surface area contributed by atoms with E-state index in [1.165, 1.54) is 0 Å². The highest BCUT2D eigenvalue weighted by Crippen LogP contribution is 2.26. The number of hydrogen-bond acceptors (Lipinski definition) is 3. The van der Waals surface area contributed by atoms with Crippen molar-refractivity contribution in [3.63, 3.8) is 0 Å². The third-order valence-electron chi connectivity index (χ3n) is 3.13. The molecule has 2 rings (SSSR count). The molecule has 1 atom stereocenters. The van der Waals surface area contributed by atoms with Crippen LogP contribution in [0.4, 0.5) is 0 Å². The molecule has 0 aromatic heterocycles. The van der Waals surface area contributed by atoms with E-state index >= 15 is 0 Å². The van der Waals surface area contributed by atoms with E-state index in [0.717, 1.165) is 3.57 Å². The van der Waals surface area contributed by atoms with Crippen molar-refractivity contribution in [3.8, 4) is 5.75 Å². The quantitative estimate of drug-likeness (QED) is 0.553. The second kappa shape index (κ2) is 6.19. The summed E-state index contributed by atoms with van der Waals surface area (Å²) < 4.78 is 6.81. The van der Waals surface area contributed by atoms with Gasteiger partial charge in [-0.2, -0.15) is 0 Å². The maximum absolute atomic E-state index is 12.6. The second-order valence-corrected chi connectivity index (χ2v) is 7.39. The van der Waals surface area contributed by atoms with Gasteiger partial charge in [0.25, 0.3) is 5.91 Å². The van der Waals surface area contributed by atoms with Gasteiger partial charge in [-0.25, -0.2) is 0 Å². The first-order valence-electron chi connectivity index (χ1n) is 6.34. The van der Waals surface area contributed by atoms with Gasteiger partial charge in [0.15, 0.2) is 0 Å². The van der Waals surface area contributed by atoms with Crippen molar-refractivity contribution in [1.82, 2.24) is 4.90 Å². The number of phenols is 1. The largest absolute Gasteiger partial charge is 0.507 e. The first kappa shape index (κ1) is 16.0. The Balaban J connectivity index is 2.25. The summed E-state index contributed by atoms with van der Waals surface area (Å²) in [6, 6.07) is 5.05. The van der Waals surface area contributed by atoms with Gasteiger partial charge in [0.05, 0.1) is 17.3 Å². The molecule has 1 fully saturated rings. The molecule has 1 aliphatic rings. The van der Waals surface area contributed by atoms with Crippen LogP contribution in [-0.2, 0) is 4.74 Å². The third-order valence-corrected chi connectivity index (χ3v) is 4.52. The number of alkyl halides is 1. The van der Waals surface area contributed by atoms with Gasteiger partial charge in [-0.1, -0.05) is 15.9 Å². The van der Waals surface area contributed by atoms with E-state index in [-0.39, 0.29) is 23.4 Å². The number of phenolic OH excluding ortho intramolecular Hbond substituents is 1. The molecule has 1 amide bonds. The van der Waals surface area contributed by atoms with Crippen molar-refractivity contribution in [2.24, 2.45) is 0 Å². The van der Waals surface area contributed by atoms with Crippen LogP contribution in [0.5, 0.6) is 5.75 Å². The molecule has 0 aliphatic carbocycles. The Bertz CT molecular complexity index is 521. The third kappa shape index (κ3) is 3.65. The molecule has 4 nitrogen and oxygen atoms in total. The first-order chi connectivity index (χ1) is 9.32. The van der Waals surface area contributed by atoms with Crippen LogP contribution in [0, 0.1) is 3.57 Å². The lowest BCUT2D eigenvalue weighted by Crippen LogP contribution is -2.55. The van der Waals surface area contributed by atoms with Gasteiger partial charge in [-0.3, -0.25) is 4.79 Å². The van der Waals surface area contributed by atoms with Crippen molar-refractivity contribution in [3.05, 3.63) is 27.3 Å².